The van der Waals surface area contributed by atoms with E-state index in [9.17, 15) is 9.18 Å². The van der Waals surface area contributed by atoms with Gasteiger partial charge in [0.2, 0.25) is 0 Å². The number of carbonyl (C=O) groups is 1. The molecule has 0 N–H and O–H groups in total. The summed E-state index contributed by atoms with van der Waals surface area (Å²) >= 11 is 5.82. The fourth-order valence-electron chi connectivity index (χ4n) is 2.59. The summed E-state index contributed by atoms with van der Waals surface area (Å²) in [6.07, 6.45) is 0.679. The van der Waals surface area contributed by atoms with Crippen LogP contribution < -0.4 is 0 Å². The lowest BCUT2D eigenvalue weighted by molar-refractivity contribution is -0.136. The first-order valence-electron chi connectivity index (χ1n) is 6.22. The van der Waals surface area contributed by atoms with Crippen LogP contribution in [0.25, 0.3) is 5.57 Å². The summed E-state index contributed by atoms with van der Waals surface area (Å²) in [5, 5.41) is 0.0703. The third kappa shape index (κ3) is 2.52. The van der Waals surface area contributed by atoms with Crippen molar-refractivity contribution in [2.24, 2.45) is 11.8 Å². The Morgan fingerprint density at radius 1 is 1.42 bits per heavy atom. The van der Waals surface area contributed by atoms with Crippen molar-refractivity contribution < 1.29 is 13.9 Å². The van der Waals surface area contributed by atoms with Crippen LogP contribution in [0.15, 0.2) is 23.8 Å². The zero-order chi connectivity index (χ0) is 14.2. The van der Waals surface area contributed by atoms with Gasteiger partial charge in [-0.2, -0.15) is 0 Å². The van der Waals surface area contributed by atoms with E-state index in [2.05, 4.69) is 13.8 Å². The van der Waals surface area contributed by atoms with Gasteiger partial charge in [0.25, 0.3) is 0 Å². The summed E-state index contributed by atoms with van der Waals surface area (Å²) in [6, 6.07) is 4.56. The molecule has 1 aromatic carbocycles. The molecule has 2 rings (SSSR count). The molecule has 0 heterocycles. The number of ether oxygens (including phenoxy) is 1. The first-order chi connectivity index (χ1) is 8.95. The molecular weight excluding hydrogens is 267 g/mol. The predicted octanol–water partition coefficient (Wildman–Crippen LogP) is 4.08. The number of allylic oxidation sites excluding steroid dienone is 1. The van der Waals surface area contributed by atoms with Crippen LogP contribution in [0.3, 0.4) is 0 Å². The smallest absolute Gasteiger partial charge is 0.334 e. The summed E-state index contributed by atoms with van der Waals surface area (Å²) < 4.78 is 18.1. The fourth-order valence-corrected chi connectivity index (χ4v) is 2.77. The van der Waals surface area contributed by atoms with Crippen LogP contribution in [-0.2, 0) is 9.53 Å². The van der Waals surface area contributed by atoms with Gasteiger partial charge in [0.15, 0.2) is 0 Å². The molecule has 0 bridgehead atoms. The van der Waals surface area contributed by atoms with Crippen molar-refractivity contribution in [2.75, 3.05) is 7.11 Å². The third-order valence-electron chi connectivity index (χ3n) is 3.82. The number of carbonyl (C=O) groups excluding carboxylic acids is 1. The highest BCUT2D eigenvalue weighted by atomic mass is 35.5. The highest BCUT2D eigenvalue weighted by molar-refractivity contribution is 6.31. The Morgan fingerprint density at radius 2 is 2.11 bits per heavy atom. The second kappa shape index (κ2) is 5.33. The van der Waals surface area contributed by atoms with Crippen LogP contribution in [0.1, 0.15) is 25.8 Å². The molecular formula is C15H16ClFO2. The molecule has 1 aromatic rings. The fraction of sp³-hybridized carbons (Fsp3) is 0.400. The molecule has 1 aliphatic rings. The van der Waals surface area contributed by atoms with Gasteiger partial charge in [0.05, 0.1) is 12.1 Å². The van der Waals surface area contributed by atoms with Gasteiger partial charge in [-0.05, 0) is 41.5 Å². The number of hydrogen-bond donors (Lipinski definition) is 0. The highest BCUT2D eigenvalue weighted by Crippen LogP contribution is 2.43. The lowest BCUT2D eigenvalue weighted by Crippen LogP contribution is -2.05. The molecule has 0 spiro atoms. The van der Waals surface area contributed by atoms with Gasteiger partial charge in [-0.1, -0.05) is 31.5 Å². The number of rotatable bonds is 2. The Hall–Kier alpha value is -1.35. The van der Waals surface area contributed by atoms with Crippen LogP contribution in [0.2, 0.25) is 5.02 Å². The van der Waals surface area contributed by atoms with Gasteiger partial charge in [-0.3, -0.25) is 0 Å². The largest absolute Gasteiger partial charge is 0.466 e. The standard InChI is InChI=1S/C15H16ClFO2/c1-8-6-11(15(18)19-3)14(9(8)2)10-4-5-13(17)12(16)7-10/h4-5,7-9H,6H2,1-3H3. The average Bonchev–Trinajstić information content (AvgIpc) is 2.68. The zero-order valence-corrected chi connectivity index (χ0v) is 11.9. The van der Waals surface area contributed by atoms with Gasteiger partial charge >= 0.3 is 5.97 Å². The van der Waals surface area contributed by atoms with Crippen molar-refractivity contribution in [3.63, 3.8) is 0 Å². The number of hydrogen-bond acceptors (Lipinski definition) is 2. The molecule has 0 radical (unpaired) electrons. The van der Waals surface area contributed by atoms with E-state index in [1.54, 1.807) is 12.1 Å². The molecule has 2 nitrogen and oxygen atoms in total. The predicted molar refractivity (Wildman–Crippen MR) is 73.3 cm³/mol. The minimum atomic E-state index is -0.454. The number of methoxy groups -OCH3 is 1. The minimum Gasteiger partial charge on any atom is -0.466 e. The van der Waals surface area contributed by atoms with Crippen LogP contribution in [0, 0.1) is 17.7 Å². The molecule has 2 atom stereocenters. The Morgan fingerprint density at radius 3 is 2.68 bits per heavy atom. The van der Waals surface area contributed by atoms with E-state index >= 15 is 0 Å². The minimum absolute atomic E-state index is 0.0703. The molecule has 19 heavy (non-hydrogen) atoms. The Balaban J connectivity index is 2.53. The van der Waals surface area contributed by atoms with E-state index in [0.717, 1.165) is 11.1 Å². The van der Waals surface area contributed by atoms with Gasteiger partial charge < -0.3 is 4.74 Å². The van der Waals surface area contributed by atoms with Crippen LogP contribution in [-0.4, -0.2) is 13.1 Å². The molecule has 0 aromatic heterocycles. The number of halogens is 2. The van der Waals surface area contributed by atoms with Crippen molar-refractivity contribution in [3.8, 4) is 0 Å². The SMILES string of the molecule is COC(=O)C1=C(c2ccc(F)c(Cl)c2)C(C)C(C)C1. The van der Waals surface area contributed by atoms with Crippen molar-refractivity contribution in [1.82, 2.24) is 0 Å². The topological polar surface area (TPSA) is 26.3 Å². The van der Waals surface area contributed by atoms with Crippen molar-refractivity contribution >= 4 is 23.1 Å². The van der Waals surface area contributed by atoms with Crippen molar-refractivity contribution in [2.45, 2.75) is 20.3 Å². The molecule has 0 aliphatic heterocycles. The summed E-state index contributed by atoms with van der Waals surface area (Å²) in [7, 11) is 1.37. The van der Waals surface area contributed by atoms with Crippen LogP contribution >= 0.6 is 11.6 Å². The summed E-state index contributed by atoms with van der Waals surface area (Å²) in [4.78, 5) is 11.9. The van der Waals surface area contributed by atoms with Gasteiger partial charge in [0.1, 0.15) is 5.82 Å². The molecule has 0 saturated carbocycles. The van der Waals surface area contributed by atoms with E-state index in [1.807, 2.05) is 0 Å². The lowest BCUT2D eigenvalue weighted by atomic mass is 9.90. The number of esters is 1. The zero-order valence-electron chi connectivity index (χ0n) is 11.2. The highest BCUT2D eigenvalue weighted by Gasteiger charge is 2.33. The normalized spacial score (nSPS) is 22.8. The first kappa shape index (κ1) is 14.1. The van der Waals surface area contributed by atoms with E-state index < -0.39 is 5.82 Å². The molecule has 1 aliphatic carbocycles. The van der Waals surface area contributed by atoms with E-state index in [-0.39, 0.29) is 16.9 Å². The maximum atomic E-state index is 13.2. The maximum absolute atomic E-state index is 13.2. The molecule has 4 heteroatoms. The monoisotopic (exact) mass is 282 g/mol. The van der Waals surface area contributed by atoms with Crippen molar-refractivity contribution in [3.05, 3.63) is 40.2 Å². The van der Waals surface area contributed by atoms with E-state index in [1.165, 1.54) is 13.2 Å². The Kier molecular flexibility index (Phi) is 3.95. The number of benzene rings is 1. The van der Waals surface area contributed by atoms with Gasteiger partial charge in [0, 0.05) is 5.57 Å². The summed E-state index contributed by atoms with van der Waals surface area (Å²) in [5.41, 5.74) is 2.38. The summed E-state index contributed by atoms with van der Waals surface area (Å²) in [5.74, 6) is -0.195. The first-order valence-corrected chi connectivity index (χ1v) is 6.60. The molecule has 0 saturated heterocycles. The van der Waals surface area contributed by atoms with Gasteiger partial charge in [-0.15, -0.1) is 0 Å². The molecule has 0 fully saturated rings. The quantitative estimate of drug-likeness (QED) is 0.764. The molecule has 0 amide bonds. The van der Waals surface area contributed by atoms with E-state index in [4.69, 9.17) is 16.3 Å². The molecule has 102 valence electrons. The second-order valence-corrected chi connectivity index (χ2v) is 5.39. The van der Waals surface area contributed by atoms with Crippen LogP contribution in [0.4, 0.5) is 4.39 Å². The van der Waals surface area contributed by atoms with Gasteiger partial charge in [-0.25, -0.2) is 9.18 Å². The second-order valence-electron chi connectivity index (χ2n) is 4.98. The molecule has 2 unspecified atom stereocenters. The maximum Gasteiger partial charge on any atom is 0.334 e. The lowest BCUT2D eigenvalue weighted by Gasteiger charge is -2.15. The van der Waals surface area contributed by atoms with Crippen LogP contribution in [0.5, 0.6) is 0 Å². The Labute approximate surface area is 117 Å². The third-order valence-corrected chi connectivity index (χ3v) is 4.11. The van der Waals surface area contributed by atoms with Crippen molar-refractivity contribution in [1.29, 1.82) is 0 Å². The van der Waals surface area contributed by atoms with E-state index in [0.29, 0.717) is 17.9 Å². The average molecular weight is 283 g/mol. The Bertz CT molecular complexity index is 551. The summed E-state index contributed by atoms with van der Waals surface area (Å²) in [6.45, 7) is 4.15.